The Kier molecular flexibility index (Phi) is 5.36. The van der Waals surface area contributed by atoms with Crippen LogP contribution >= 0.6 is 11.6 Å². The van der Waals surface area contributed by atoms with E-state index in [9.17, 15) is 23.3 Å². The standard InChI is InChI=1S/C16H15ClF3N5O2/c17-12-8-13(14(25(26)27)7-11(12)16(18,19)20)23-10-3-1-6-24(9-10)15-21-4-2-5-22-15/h2,4-5,7-8,10,23H,1,3,6,9H2. The fourth-order valence-electron chi connectivity index (χ4n) is 3.00. The van der Waals surface area contributed by atoms with E-state index in [1.807, 2.05) is 4.90 Å². The highest BCUT2D eigenvalue weighted by Crippen LogP contribution is 2.40. The molecule has 1 aliphatic heterocycles. The molecule has 1 fully saturated rings. The Morgan fingerprint density at radius 1 is 1.30 bits per heavy atom. The molecule has 27 heavy (non-hydrogen) atoms. The average Bonchev–Trinajstić information content (AvgIpc) is 2.61. The van der Waals surface area contributed by atoms with Crippen molar-refractivity contribution in [1.29, 1.82) is 0 Å². The normalized spacial score (nSPS) is 17.6. The van der Waals surface area contributed by atoms with E-state index in [1.165, 1.54) is 0 Å². The van der Waals surface area contributed by atoms with E-state index in [0.717, 1.165) is 19.0 Å². The van der Waals surface area contributed by atoms with Crippen molar-refractivity contribution in [2.45, 2.75) is 25.1 Å². The summed E-state index contributed by atoms with van der Waals surface area (Å²) in [5.74, 6) is 0.531. The quantitative estimate of drug-likeness (QED) is 0.612. The van der Waals surface area contributed by atoms with Crippen molar-refractivity contribution in [3.05, 3.63) is 51.3 Å². The summed E-state index contributed by atoms with van der Waals surface area (Å²) in [5.41, 5.74) is -1.94. The summed E-state index contributed by atoms with van der Waals surface area (Å²) in [6.07, 6.45) is -0.0798. The van der Waals surface area contributed by atoms with Gasteiger partial charge in [-0.15, -0.1) is 0 Å². The Labute approximate surface area is 157 Å². The number of alkyl halides is 3. The highest BCUT2D eigenvalue weighted by molar-refractivity contribution is 6.31. The fraction of sp³-hybridized carbons (Fsp3) is 0.375. The van der Waals surface area contributed by atoms with E-state index in [2.05, 4.69) is 15.3 Å². The summed E-state index contributed by atoms with van der Waals surface area (Å²) in [5, 5.41) is 13.6. The first-order chi connectivity index (χ1) is 12.8. The molecule has 1 unspecified atom stereocenters. The lowest BCUT2D eigenvalue weighted by atomic mass is 10.0. The van der Waals surface area contributed by atoms with E-state index < -0.39 is 27.4 Å². The van der Waals surface area contributed by atoms with Crippen LogP contribution < -0.4 is 10.2 Å². The van der Waals surface area contributed by atoms with Crippen LogP contribution in [0.2, 0.25) is 5.02 Å². The van der Waals surface area contributed by atoms with E-state index in [1.54, 1.807) is 18.5 Å². The molecule has 1 saturated heterocycles. The van der Waals surface area contributed by atoms with Crippen LogP contribution in [-0.4, -0.2) is 34.0 Å². The van der Waals surface area contributed by atoms with Gasteiger partial charge in [0.25, 0.3) is 5.69 Å². The number of halogens is 4. The second kappa shape index (κ2) is 7.55. The van der Waals surface area contributed by atoms with Crippen LogP contribution in [0.15, 0.2) is 30.6 Å². The second-order valence-corrected chi connectivity index (χ2v) is 6.49. The number of rotatable bonds is 4. The van der Waals surface area contributed by atoms with Crippen LogP contribution in [0.5, 0.6) is 0 Å². The lowest BCUT2D eigenvalue weighted by Gasteiger charge is -2.33. The van der Waals surface area contributed by atoms with Crippen LogP contribution in [0.1, 0.15) is 18.4 Å². The molecule has 1 N–H and O–H groups in total. The maximum Gasteiger partial charge on any atom is 0.418 e. The molecule has 7 nitrogen and oxygen atoms in total. The first kappa shape index (κ1) is 19.2. The lowest BCUT2D eigenvalue weighted by Crippen LogP contribution is -2.43. The van der Waals surface area contributed by atoms with Crippen LogP contribution in [0.4, 0.5) is 30.5 Å². The minimum absolute atomic E-state index is 0.0427. The lowest BCUT2D eigenvalue weighted by molar-refractivity contribution is -0.384. The van der Waals surface area contributed by atoms with Gasteiger partial charge >= 0.3 is 6.18 Å². The van der Waals surface area contributed by atoms with Crippen LogP contribution in [-0.2, 0) is 6.18 Å². The number of aromatic nitrogens is 2. The average molecular weight is 402 g/mol. The molecule has 0 spiro atoms. The van der Waals surface area contributed by atoms with Crippen LogP contribution in [0.3, 0.4) is 0 Å². The molecular weight excluding hydrogens is 387 g/mol. The van der Waals surface area contributed by atoms with Crippen LogP contribution in [0.25, 0.3) is 0 Å². The van der Waals surface area contributed by atoms with Crippen molar-refractivity contribution in [2.24, 2.45) is 0 Å². The maximum atomic E-state index is 13.0. The predicted molar refractivity (Wildman–Crippen MR) is 94.0 cm³/mol. The molecule has 0 amide bonds. The molecule has 11 heteroatoms. The third-order valence-electron chi connectivity index (χ3n) is 4.20. The highest BCUT2D eigenvalue weighted by atomic mass is 35.5. The molecule has 1 aliphatic rings. The molecule has 1 atom stereocenters. The number of nitrogens with zero attached hydrogens (tertiary/aromatic N) is 4. The zero-order chi connectivity index (χ0) is 19.6. The molecule has 3 rings (SSSR count). The van der Waals surface area contributed by atoms with Crippen molar-refractivity contribution in [2.75, 3.05) is 23.3 Å². The van der Waals surface area contributed by atoms with Crippen molar-refractivity contribution in [1.82, 2.24) is 9.97 Å². The summed E-state index contributed by atoms with van der Waals surface area (Å²) in [6.45, 7) is 1.18. The van der Waals surface area contributed by atoms with Gasteiger partial charge in [-0.3, -0.25) is 10.1 Å². The molecule has 1 aromatic heterocycles. The number of benzene rings is 1. The fourth-order valence-corrected chi connectivity index (χ4v) is 3.27. The van der Waals surface area contributed by atoms with E-state index >= 15 is 0 Å². The van der Waals surface area contributed by atoms with Gasteiger partial charge in [-0.25, -0.2) is 9.97 Å². The topological polar surface area (TPSA) is 84.2 Å². The third kappa shape index (κ3) is 4.38. The van der Waals surface area contributed by atoms with Gasteiger partial charge in [0.15, 0.2) is 0 Å². The number of hydrogen-bond donors (Lipinski definition) is 1. The van der Waals surface area contributed by atoms with Crippen molar-refractivity contribution >= 4 is 28.9 Å². The van der Waals surface area contributed by atoms with Gasteiger partial charge in [-0.2, -0.15) is 13.2 Å². The zero-order valence-corrected chi connectivity index (χ0v) is 14.7. The molecule has 144 valence electrons. The van der Waals surface area contributed by atoms with E-state index in [-0.39, 0.29) is 11.7 Å². The smallest absolute Gasteiger partial charge is 0.375 e. The molecular formula is C16H15ClF3N5O2. The summed E-state index contributed by atoms with van der Waals surface area (Å²) < 4.78 is 38.9. The Morgan fingerprint density at radius 2 is 2.00 bits per heavy atom. The summed E-state index contributed by atoms with van der Waals surface area (Å²) >= 11 is 5.72. The van der Waals surface area contributed by atoms with Crippen LogP contribution in [0, 0.1) is 10.1 Å². The van der Waals surface area contributed by atoms with E-state index in [4.69, 9.17) is 11.6 Å². The summed E-state index contributed by atoms with van der Waals surface area (Å²) in [4.78, 5) is 20.7. The van der Waals surface area contributed by atoms with Crippen molar-refractivity contribution in [3.8, 4) is 0 Å². The molecule has 2 heterocycles. The number of hydrogen-bond acceptors (Lipinski definition) is 6. The Balaban J connectivity index is 1.84. The molecule has 0 aliphatic carbocycles. The van der Waals surface area contributed by atoms with Gasteiger partial charge in [0.2, 0.25) is 5.95 Å². The second-order valence-electron chi connectivity index (χ2n) is 6.08. The number of piperidine rings is 1. The number of nitro groups is 1. The number of anilines is 2. The Hall–Kier alpha value is -2.62. The SMILES string of the molecule is O=[N+]([O-])c1cc(C(F)(F)F)c(Cl)cc1NC1CCCN(c2ncccn2)C1. The highest BCUT2D eigenvalue weighted by Gasteiger charge is 2.36. The van der Waals surface area contributed by atoms with Gasteiger partial charge in [0.05, 0.1) is 15.5 Å². The molecule has 0 bridgehead atoms. The molecule has 2 aromatic rings. The minimum Gasteiger partial charge on any atom is -0.375 e. The largest absolute Gasteiger partial charge is 0.418 e. The van der Waals surface area contributed by atoms with Gasteiger partial charge in [-0.1, -0.05) is 11.6 Å². The van der Waals surface area contributed by atoms with Gasteiger partial charge in [0, 0.05) is 37.6 Å². The Bertz CT molecular complexity index is 835. The van der Waals surface area contributed by atoms with Crippen molar-refractivity contribution < 1.29 is 18.1 Å². The van der Waals surface area contributed by atoms with E-state index in [0.29, 0.717) is 25.0 Å². The molecule has 0 saturated carbocycles. The van der Waals surface area contributed by atoms with Gasteiger partial charge in [-0.05, 0) is 25.0 Å². The zero-order valence-electron chi connectivity index (χ0n) is 13.9. The monoisotopic (exact) mass is 401 g/mol. The number of nitrogens with one attached hydrogen (secondary N) is 1. The molecule has 1 aromatic carbocycles. The Morgan fingerprint density at radius 3 is 2.63 bits per heavy atom. The summed E-state index contributed by atoms with van der Waals surface area (Å²) in [7, 11) is 0. The number of nitro benzene ring substituents is 1. The first-order valence-corrected chi connectivity index (χ1v) is 8.47. The predicted octanol–water partition coefficient (Wildman–Crippen LogP) is 4.14. The third-order valence-corrected chi connectivity index (χ3v) is 4.52. The summed E-state index contributed by atoms with van der Waals surface area (Å²) in [6, 6.07) is 2.89. The minimum atomic E-state index is -4.77. The van der Waals surface area contributed by atoms with Gasteiger partial charge < -0.3 is 10.2 Å². The molecule has 0 radical (unpaired) electrons. The van der Waals surface area contributed by atoms with Crippen molar-refractivity contribution in [3.63, 3.8) is 0 Å². The maximum absolute atomic E-state index is 13.0. The first-order valence-electron chi connectivity index (χ1n) is 8.09. The van der Waals surface area contributed by atoms with Gasteiger partial charge in [0.1, 0.15) is 5.69 Å².